The number of nitro benzene ring substituents is 1. The molecule has 0 unspecified atom stereocenters. The molecule has 0 aliphatic carbocycles. The van der Waals surface area contributed by atoms with Gasteiger partial charge >= 0.3 is 0 Å². The molecule has 0 radical (unpaired) electrons. The van der Waals surface area contributed by atoms with Crippen molar-refractivity contribution in [2.75, 3.05) is 0 Å². The summed E-state index contributed by atoms with van der Waals surface area (Å²) in [5.41, 5.74) is 0.437. The highest BCUT2D eigenvalue weighted by Gasteiger charge is 2.30. The highest BCUT2D eigenvalue weighted by molar-refractivity contribution is 14.1. The first-order valence-corrected chi connectivity index (χ1v) is 5.54. The lowest BCUT2D eigenvalue weighted by atomic mass is 9.98. The van der Waals surface area contributed by atoms with E-state index in [0.717, 1.165) is 0 Å². The van der Waals surface area contributed by atoms with Crippen LogP contribution < -0.4 is 0 Å². The molecule has 0 fully saturated rings. The number of carbonyl (C=O) groups is 1. The van der Waals surface area contributed by atoms with Crippen LogP contribution in [0.3, 0.4) is 0 Å². The smallest absolute Gasteiger partial charge is 0.269 e. The molecule has 1 rings (SSSR count). The third-order valence-corrected chi connectivity index (χ3v) is 3.03. The van der Waals surface area contributed by atoms with Crippen LogP contribution in [0.2, 0.25) is 0 Å². The number of non-ortho nitro benzene ring substituents is 1. The van der Waals surface area contributed by atoms with E-state index in [2.05, 4.69) is 0 Å². The molecule has 86 valence electrons. The maximum Gasteiger partial charge on any atom is 0.269 e. The summed E-state index contributed by atoms with van der Waals surface area (Å²) >= 11 is 1.84. The standard InChI is InChI=1S/C10H10INO4/c1-10(11,6-13)9(14)7-2-4-8(5-3-7)12(15)16/h2-6,9,14H,1H3/t9-,10+/m0/s1. The van der Waals surface area contributed by atoms with Crippen LogP contribution >= 0.6 is 22.6 Å². The summed E-state index contributed by atoms with van der Waals surface area (Å²) in [7, 11) is 0. The summed E-state index contributed by atoms with van der Waals surface area (Å²) in [4.78, 5) is 20.6. The summed E-state index contributed by atoms with van der Waals surface area (Å²) in [6.07, 6.45) is -0.328. The van der Waals surface area contributed by atoms with Crippen LogP contribution in [-0.4, -0.2) is 19.7 Å². The number of aldehydes is 1. The number of alkyl halides is 1. The van der Waals surface area contributed by atoms with Gasteiger partial charge in [-0.25, -0.2) is 0 Å². The van der Waals surface area contributed by atoms with E-state index in [4.69, 9.17) is 0 Å². The lowest BCUT2D eigenvalue weighted by Gasteiger charge is -2.22. The second kappa shape index (κ2) is 4.88. The van der Waals surface area contributed by atoms with E-state index >= 15 is 0 Å². The molecule has 1 aromatic carbocycles. The summed E-state index contributed by atoms with van der Waals surface area (Å²) in [5.74, 6) is 0. The van der Waals surface area contributed by atoms with Crippen LogP contribution in [0, 0.1) is 10.1 Å². The molecular formula is C10H10INO4. The van der Waals surface area contributed by atoms with E-state index in [0.29, 0.717) is 11.8 Å². The van der Waals surface area contributed by atoms with Crippen LogP contribution in [-0.2, 0) is 4.79 Å². The number of hydrogen-bond acceptors (Lipinski definition) is 4. The number of benzene rings is 1. The Labute approximate surface area is 106 Å². The highest BCUT2D eigenvalue weighted by atomic mass is 127. The van der Waals surface area contributed by atoms with Crippen molar-refractivity contribution in [3.63, 3.8) is 0 Å². The molecule has 0 heterocycles. The maximum atomic E-state index is 10.7. The van der Waals surface area contributed by atoms with Crippen molar-refractivity contribution in [2.45, 2.75) is 16.4 Å². The number of hydrogen-bond donors (Lipinski definition) is 1. The zero-order valence-corrected chi connectivity index (χ0v) is 10.6. The Morgan fingerprint density at radius 2 is 2.00 bits per heavy atom. The summed E-state index contributed by atoms with van der Waals surface area (Å²) in [6, 6.07) is 5.50. The van der Waals surface area contributed by atoms with Crippen LogP contribution in [0.4, 0.5) is 5.69 Å². The second-order valence-corrected chi connectivity index (χ2v) is 5.84. The number of carbonyl (C=O) groups excluding carboxylic acids is 1. The molecule has 0 aromatic heterocycles. The zero-order valence-electron chi connectivity index (χ0n) is 8.46. The average molecular weight is 335 g/mol. The van der Waals surface area contributed by atoms with Gasteiger partial charge in [0.2, 0.25) is 0 Å². The van der Waals surface area contributed by atoms with Gasteiger partial charge in [0.15, 0.2) is 0 Å². The minimum Gasteiger partial charge on any atom is -0.387 e. The molecule has 6 heteroatoms. The molecule has 0 aliphatic heterocycles. The van der Waals surface area contributed by atoms with E-state index in [1.165, 1.54) is 24.3 Å². The molecule has 0 saturated carbocycles. The number of halogens is 1. The molecule has 1 aromatic rings. The first-order chi connectivity index (χ1) is 7.38. The summed E-state index contributed by atoms with van der Waals surface area (Å²) < 4.78 is -0.937. The van der Waals surface area contributed by atoms with Gasteiger partial charge in [-0.1, -0.05) is 22.6 Å². The molecule has 0 bridgehead atoms. The first-order valence-electron chi connectivity index (χ1n) is 4.46. The Balaban J connectivity index is 2.98. The van der Waals surface area contributed by atoms with Gasteiger partial charge in [-0.05, 0) is 24.6 Å². The Morgan fingerprint density at radius 3 is 2.38 bits per heavy atom. The fourth-order valence-corrected chi connectivity index (χ4v) is 1.53. The van der Waals surface area contributed by atoms with Crippen molar-refractivity contribution >= 4 is 34.6 Å². The maximum absolute atomic E-state index is 10.7. The van der Waals surface area contributed by atoms with Crippen LogP contribution in [0.15, 0.2) is 24.3 Å². The quantitative estimate of drug-likeness (QED) is 0.300. The van der Waals surface area contributed by atoms with Gasteiger partial charge < -0.3 is 9.90 Å². The highest BCUT2D eigenvalue weighted by Crippen LogP contribution is 2.32. The van der Waals surface area contributed by atoms with E-state index in [1.54, 1.807) is 6.92 Å². The molecule has 0 amide bonds. The largest absolute Gasteiger partial charge is 0.387 e. The number of aliphatic hydroxyl groups is 1. The summed E-state index contributed by atoms with van der Waals surface area (Å²) in [5, 5.41) is 20.3. The Kier molecular flexibility index (Phi) is 3.98. The van der Waals surface area contributed by atoms with Crippen molar-refractivity contribution in [3.8, 4) is 0 Å². The predicted octanol–water partition coefficient (Wildman–Crippen LogP) is 2.02. The van der Waals surface area contributed by atoms with Gasteiger partial charge in [-0.15, -0.1) is 0 Å². The minimum atomic E-state index is -0.980. The van der Waals surface area contributed by atoms with E-state index < -0.39 is 14.4 Å². The number of nitrogens with zero attached hydrogens (tertiary/aromatic N) is 1. The molecular weight excluding hydrogens is 325 g/mol. The number of aliphatic hydroxyl groups excluding tert-OH is 1. The Bertz CT molecular complexity index is 402. The Hall–Kier alpha value is -1.02. The van der Waals surface area contributed by atoms with E-state index in [9.17, 15) is 20.0 Å². The molecule has 0 saturated heterocycles. The van der Waals surface area contributed by atoms with Crippen molar-refractivity contribution in [1.82, 2.24) is 0 Å². The number of nitro groups is 1. The van der Waals surface area contributed by atoms with Crippen molar-refractivity contribution in [2.24, 2.45) is 0 Å². The molecule has 0 aliphatic rings. The zero-order chi connectivity index (χ0) is 12.3. The fraction of sp³-hybridized carbons (Fsp3) is 0.300. The van der Waals surface area contributed by atoms with E-state index in [-0.39, 0.29) is 5.69 Å². The van der Waals surface area contributed by atoms with E-state index in [1.807, 2.05) is 22.6 Å². The first kappa shape index (κ1) is 13.0. The molecule has 5 nitrogen and oxygen atoms in total. The molecule has 1 N–H and O–H groups in total. The van der Waals surface area contributed by atoms with Gasteiger partial charge in [0, 0.05) is 12.1 Å². The van der Waals surface area contributed by atoms with Crippen LogP contribution in [0.1, 0.15) is 18.6 Å². The van der Waals surface area contributed by atoms with Crippen molar-refractivity contribution in [1.29, 1.82) is 0 Å². The SMILES string of the molecule is C[C@@](I)(C=O)[C@@H](O)c1ccc([N+](=O)[O-])cc1. The van der Waals surface area contributed by atoms with Crippen LogP contribution in [0.25, 0.3) is 0 Å². The average Bonchev–Trinajstić information content (AvgIpc) is 2.28. The topological polar surface area (TPSA) is 80.4 Å². The normalized spacial score (nSPS) is 16.2. The van der Waals surface area contributed by atoms with Gasteiger partial charge in [0.25, 0.3) is 5.69 Å². The third-order valence-electron chi connectivity index (χ3n) is 2.18. The van der Waals surface area contributed by atoms with Gasteiger partial charge in [0.05, 0.1) is 11.0 Å². The molecule has 16 heavy (non-hydrogen) atoms. The predicted molar refractivity (Wildman–Crippen MR) is 66.5 cm³/mol. The molecule has 0 spiro atoms. The van der Waals surface area contributed by atoms with Crippen molar-refractivity contribution in [3.05, 3.63) is 39.9 Å². The fourth-order valence-electron chi connectivity index (χ4n) is 1.17. The lowest BCUT2D eigenvalue weighted by molar-refractivity contribution is -0.384. The molecule has 2 atom stereocenters. The Morgan fingerprint density at radius 1 is 1.50 bits per heavy atom. The number of rotatable bonds is 4. The summed E-state index contributed by atoms with van der Waals surface area (Å²) in [6.45, 7) is 1.59. The second-order valence-electron chi connectivity index (χ2n) is 3.52. The van der Waals surface area contributed by atoms with Gasteiger partial charge in [-0.2, -0.15) is 0 Å². The minimum absolute atomic E-state index is 0.0442. The monoisotopic (exact) mass is 335 g/mol. The third kappa shape index (κ3) is 2.76. The van der Waals surface area contributed by atoms with Gasteiger partial charge in [0.1, 0.15) is 9.71 Å². The van der Waals surface area contributed by atoms with Crippen molar-refractivity contribution < 1.29 is 14.8 Å². The van der Waals surface area contributed by atoms with Crippen LogP contribution in [0.5, 0.6) is 0 Å². The lowest BCUT2D eigenvalue weighted by Crippen LogP contribution is -2.27. The van der Waals surface area contributed by atoms with Gasteiger partial charge in [-0.3, -0.25) is 10.1 Å².